The van der Waals surface area contributed by atoms with Gasteiger partial charge in [-0.15, -0.1) is 0 Å². The van der Waals surface area contributed by atoms with Gasteiger partial charge in [-0.05, 0) is 38.5 Å². The minimum absolute atomic E-state index is 0.277. The van der Waals surface area contributed by atoms with Gasteiger partial charge < -0.3 is 5.73 Å². The molecule has 0 aromatic carbocycles. The fourth-order valence-corrected chi connectivity index (χ4v) is 5.83. The first-order valence-corrected chi connectivity index (χ1v) is 8.55. The zero-order chi connectivity index (χ0) is 12.8. The summed E-state index contributed by atoms with van der Waals surface area (Å²) in [7, 11) is 0. The molecular weight excluding hydrogens is 242 g/mol. The lowest BCUT2D eigenvalue weighted by atomic mass is 9.87. The maximum Gasteiger partial charge on any atom is 0.0459 e. The molecule has 3 aliphatic rings. The van der Waals surface area contributed by atoms with E-state index in [0.717, 1.165) is 12.6 Å². The number of hydrogen-bond acceptors (Lipinski definition) is 4. The second-order valence-electron chi connectivity index (χ2n) is 6.36. The molecule has 3 fully saturated rings. The molecule has 4 heteroatoms. The van der Waals surface area contributed by atoms with Gasteiger partial charge in [0.25, 0.3) is 0 Å². The molecule has 2 N–H and O–H groups in total. The molecule has 0 radical (unpaired) electrons. The molecule has 0 spiro atoms. The molecule has 18 heavy (non-hydrogen) atoms. The maximum atomic E-state index is 6.22. The number of nitrogens with two attached hydrogens (primary N) is 1. The maximum absolute atomic E-state index is 6.22. The van der Waals surface area contributed by atoms with Crippen LogP contribution in [0.2, 0.25) is 0 Å². The highest BCUT2D eigenvalue weighted by Crippen LogP contribution is 2.42. The second kappa shape index (κ2) is 4.97. The lowest BCUT2D eigenvalue weighted by molar-refractivity contribution is -0.0184. The minimum atomic E-state index is 0.277. The molecule has 3 rings (SSSR count). The Morgan fingerprint density at radius 3 is 2.83 bits per heavy atom. The molecule has 0 amide bonds. The van der Waals surface area contributed by atoms with Gasteiger partial charge in [-0.1, -0.05) is 6.92 Å². The number of nitrogens with zero attached hydrogens (tertiary/aromatic N) is 2. The van der Waals surface area contributed by atoms with E-state index >= 15 is 0 Å². The van der Waals surface area contributed by atoms with E-state index in [4.69, 9.17) is 5.73 Å². The minimum Gasteiger partial charge on any atom is -0.329 e. The van der Waals surface area contributed by atoms with Crippen molar-refractivity contribution in [3.63, 3.8) is 0 Å². The molecule has 0 aliphatic carbocycles. The van der Waals surface area contributed by atoms with E-state index in [-0.39, 0.29) is 5.54 Å². The number of thioether (sulfide) groups is 1. The normalized spacial score (nSPS) is 46.5. The Labute approximate surface area is 115 Å². The molecule has 3 saturated heterocycles. The third-order valence-electron chi connectivity index (χ3n) is 5.52. The van der Waals surface area contributed by atoms with Crippen LogP contribution in [0.4, 0.5) is 0 Å². The summed E-state index contributed by atoms with van der Waals surface area (Å²) >= 11 is 2.11. The largest absolute Gasteiger partial charge is 0.329 e. The van der Waals surface area contributed by atoms with Crippen molar-refractivity contribution in [3.05, 3.63) is 0 Å². The van der Waals surface area contributed by atoms with Crippen LogP contribution in [-0.2, 0) is 0 Å². The summed E-state index contributed by atoms with van der Waals surface area (Å²) < 4.78 is 0. The van der Waals surface area contributed by atoms with Crippen molar-refractivity contribution in [2.75, 3.05) is 31.9 Å². The van der Waals surface area contributed by atoms with Crippen molar-refractivity contribution in [1.29, 1.82) is 0 Å². The average molecular weight is 269 g/mol. The van der Waals surface area contributed by atoms with Gasteiger partial charge in [-0.2, -0.15) is 11.8 Å². The van der Waals surface area contributed by atoms with E-state index < -0.39 is 0 Å². The van der Waals surface area contributed by atoms with Crippen LogP contribution >= 0.6 is 11.8 Å². The molecule has 0 aromatic heterocycles. The highest BCUT2D eigenvalue weighted by atomic mass is 32.2. The zero-order valence-electron chi connectivity index (χ0n) is 11.8. The smallest absolute Gasteiger partial charge is 0.0459 e. The second-order valence-corrected chi connectivity index (χ2v) is 7.81. The van der Waals surface area contributed by atoms with Crippen molar-refractivity contribution in [3.8, 4) is 0 Å². The van der Waals surface area contributed by atoms with E-state index in [0.29, 0.717) is 11.3 Å². The van der Waals surface area contributed by atoms with Crippen LogP contribution in [0.15, 0.2) is 0 Å². The lowest BCUT2D eigenvalue weighted by Gasteiger charge is -2.52. The lowest BCUT2D eigenvalue weighted by Crippen LogP contribution is -2.67. The van der Waals surface area contributed by atoms with Gasteiger partial charge in [-0.3, -0.25) is 9.80 Å². The first-order valence-electron chi connectivity index (χ1n) is 7.50. The van der Waals surface area contributed by atoms with Crippen LogP contribution < -0.4 is 5.73 Å². The molecule has 3 aliphatic heterocycles. The Balaban J connectivity index is 1.81. The van der Waals surface area contributed by atoms with Crippen molar-refractivity contribution in [1.82, 2.24) is 9.80 Å². The van der Waals surface area contributed by atoms with Gasteiger partial charge >= 0.3 is 0 Å². The monoisotopic (exact) mass is 269 g/mol. The summed E-state index contributed by atoms with van der Waals surface area (Å²) in [6.45, 7) is 9.45. The Morgan fingerprint density at radius 1 is 1.33 bits per heavy atom. The quantitative estimate of drug-likeness (QED) is 0.821. The zero-order valence-corrected chi connectivity index (χ0v) is 12.6. The van der Waals surface area contributed by atoms with Crippen LogP contribution in [0.5, 0.6) is 0 Å². The predicted octanol–water partition coefficient (Wildman–Crippen LogP) is 1.38. The van der Waals surface area contributed by atoms with Gasteiger partial charge in [0.15, 0.2) is 0 Å². The fourth-order valence-electron chi connectivity index (χ4n) is 4.34. The van der Waals surface area contributed by atoms with Crippen molar-refractivity contribution >= 4 is 11.8 Å². The van der Waals surface area contributed by atoms with E-state index in [9.17, 15) is 0 Å². The van der Waals surface area contributed by atoms with Gasteiger partial charge in [-0.25, -0.2) is 0 Å². The Morgan fingerprint density at radius 2 is 2.17 bits per heavy atom. The summed E-state index contributed by atoms with van der Waals surface area (Å²) in [6.07, 6.45) is 4.07. The third kappa shape index (κ3) is 1.92. The number of rotatable bonds is 2. The summed E-state index contributed by atoms with van der Waals surface area (Å²) in [5, 5.41) is 0.693. The molecule has 0 bridgehead atoms. The number of piperazine rings is 1. The van der Waals surface area contributed by atoms with Gasteiger partial charge in [0.2, 0.25) is 0 Å². The first-order chi connectivity index (χ1) is 8.67. The van der Waals surface area contributed by atoms with Crippen molar-refractivity contribution in [2.24, 2.45) is 5.73 Å². The molecule has 3 heterocycles. The molecule has 4 unspecified atom stereocenters. The summed E-state index contributed by atoms with van der Waals surface area (Å²) in [5.41, 5.74) is 6.50. The first kappa shape index (κ1) is 13.2. The third-order valence-corrected chi connectivity index (χ3v) is 6.90. The topological polar surface area (TPSA) is 32.5 Å². The van der Waals surface area contributed by atoms with E-state index in [1.54, 1.807) is 0 Å². The molecule has 0 aromatic rings. The van der Waals surface area contributed by atoms with Crippen LogP contribution in [0, 0.1) is 0 Å². The van der Waals surface area contributed by atoms with E-state index in [1.165, 1.54) is 44.6 Å². The van der Waals surface area contributed by atoms with Crippen molar-refractivity contribution < 1.29 is 0 Å². The summed E-state index contributed by atoms with van der Waals surface area (Å²) in [4.78, 5) is 5.49. The highest BCUT2D eigenvalue weighted by Gasteiger charge is 2.49. The van der Waals surface area contributed by atoms with Gasteiger partial charge in [0, 0.05) is 42.5 Å². The number of hydrogen-bond donors (Lipinski definition) is 1. The SMILES string of the molecule is CC1CN2CCCC2CN1C1(CN)CCSC1C. The Kier molecular flexibility index (Phi) is 3.65. The number of fused-ring (bicyclic) bond motifs is 1. The van der Waals surface area contributed by atoms with Crippen LogP contribution in [-0.4, -0.2) is 64.6 Å². The highest BCUT2D eigenvalue weighted by molar-refractivity contribution is 8.00. The van der Waals surface area contributed by atoms with Gasteiger partial charge in [0.05, 0.1) is 0 Å². The molecule has 104 valence electrons. The van der Waals surface area contributed by atoms with Crippen LogP contribution in [0.25, 0.3) is 0 Å². The molecular formula is C14H27N3S. The average Bonchev–Trinajstić information content (AvgIpc) is 2.94. The fraction of sp³-hybridized carbons (Fsp3) is 1.00. The Bertz CT molecular complexity index is 311. The molecule has 3 nitrogen and oxygen atoms in total. The summed E-state index contributed by atoms with van der Waals surface area (Å²) in [6, 6.07) is 1.48. The Hall–Kier alpha value is 0.230. The standard InChI is InChI=1S/C14H27N3S/c1-11-8-16-6-3-4-13(16)9-17(11)14(10-15)5-7-18-12(14)2/h11-13H,3-10,15H2,1-2H3. The molecule has 4 atom stereocenters. The summed E-state index contributed by atoms with van der Waals surface area (Å²) in [5.74, 6) is 1.29. The van der Waals surface area contributed by atoms with Crippen molar-refractivity contribution in [2.45, 2.75) is 56.0 Å². The van der Waals surface area contributed by atoms with E-state index in [1.807, 2.05) is 0 Å². The van der Waals surface area contributed by atoms with E-state index in [2.05, 4.69) is 35.4 Å². The van der Waals surface area contributed by atoms with Crippen LogP contribution in [0.1, 0.15) is 33.1 Å². The van der Waals surface area contributed by atoms with Crippen LogP contribution in [0.3, 0.4) is 0 Å². The predicted molar refractivity (Wildman–Crippen MR) is 79.1 cm³/mol. The van der Waals surface area contributed by atoms with Gasteiger partial charge in [0.1, 0.15) is 0 Å². The molecule has 0 saturated carbocycles.